The van der Waals surface area contributed by atoms with E-state index >= 15 is 0 Å². The summed E-state index contributed by atoms with van der Waals surface area (Å²) < 4.78 is 49.5. The summed E-state index contributed by atoms with van der Waals surface area (Å²) >= 11 is 0. The molecule has 0 aromatic heterocycles. The second kappa shape index (κ2) is 6.09. The van der Waals surface area contributed by atoms with Gasteiger partial charge >= 0.3 is 18.0 Å². The van der Waals surface area contributed by atoms with E-state index in [-0.39, 0.29) is 19.1 Å². The lowest BCUT2D eigenvalue weighted by Gasteiger charge is -2.43. The molecule has 156 valence electrons. The van der Waals surface area contributed by atoms with Crippen LogP contribution in [0.4, 0.5) is 13.6 Å². The van der Waals surface area contributed by atoms with Crippen molar-refractivity contribution in [3.63, 3.8) is 0 Å². The van der Waals surface area contributed by atoms with Crippen molar-refractivity contribution < 1.29 is 42.1 Å². The number of carbonyl (C=O) groups is 3. The van der Waals surface area contributed by atoms with Crippen LogP contribution in [0.15, 0.2) is 0 Å². The molecule has 5 atom stereocenters. The molecule has 0 N–H and O–H groups in total. The first-order valence-electron chi connectivity index (χ1n) is 9.32. The lowest BCUT2D eigenvalue weighted by molar-refractivity contribution is -0.205. The molecule has 0 unspecified atom stereocenters. The number of methoxy groups -OCH3 is 1. The average molecular weight is 403 g/mol. The lowest BCUT2D eigenvalue weighted by Crippen LogP contribution is -2.59. The molecule has 2 heterocycles. The van der Waals surface area contributed by atoms with Gasteiger partial charge in [0.2, 0.25) is 12.0 Å². The second-order valence-electron chi connectivity index (χ2n) is 8.39. The van der Waals surface area contributed by atoms with Crippen LogP contribution in [0.5, 0.6) is 0 Å². The third-order valence-corrected chi connectivity index (χ3v) is 7.15. The van der Waals surface area contributed by atoms with E-state index in [1.165, 1.54) is 0 Å². The van der Waals surface area contributed by atoms with Crippen molar-refractivity contribution in [1.82, 2.24) is 4.90 Å². The molecule has 2 saturated heterocycles. The molecular weight excluding hydrogens is 380 g/mol. The predicted molar refractivity (Wildman–Crippen MR) is 87.1 cm³/mol. The summed E-state index contributed by atoms with van der Waals surface area (Å²) in [6.07, 6.45) is -3.95. The number of ether oxygens (including phenoxy) is 4. The fourth-order valence-electron chi connectivity index (χ4n) is 5.52. The van der Waals surface area contributed by atoms with E-state index in [1.54, 1.807) is 0 Å². The maximum Gasteiger partial charge on any atom is 0.419 e. The van der Waals surface area contributed by atoms with Crippen molar-refractivity contribution in [2.45, 2.75) is 57.5 Å². The number of fused-ring (bicyclic) bond motifs is 3. The highest BCUT2D eigenvalue weighted by molar-refractivity contribution is 5.98. The van der Waals surface area contributed by atoms with Crippen LogP contribution in [0.3, 0.4) is 0 Å². The summed E-state index contributed by atoms with van der Waals surface area (Å²) in [5.74, 6) is -6.49. The molecule has 0 radical (unpaired) electrons. The Morgan fingerprint density at radius 1 is 1.18 bits per heavy atom. The molecule has 4 aliphatic rings. The number of halogens is 2. The monoisotopic (exact) mass is 403 g/mol. The Balaban J connectivity index is 1.82. The summed E-state index contributed by atoms with van der Waals surface area (Å²) in [6, 6.07) is 0. The normalized spacial score (nSPS) is 41.8. The minimum atomic E-state index is -4.18. The van der Waals surface area contributed by atoms with Gasteiger partial charge < -0.3 is 18.9 Å². The minimum Gasteiger partial charge on any atom is -0.459 e. The van der Waals surface area contributed by atoms with Crippen LogP contribution < -0.4 is 0 Å². The fourth-order valence-corrected chi connectivity index (χ4v) is 5.52. The van der Waals surface area contributed by atoms with Crippen LogP contribution in [0.2, 0.25) is 0 Å². The van der Waals surface area contributed by atoms with Gasteiger partial charge in [-0.05, 0) is 30.6 Å². The van der Waals surface area contributed by atoms with Crippen LogP contribution in [-0.2, 0) is 28.5 Å². The molecule has 28 heavy (non-hydrogen) atoms. The fraction of sp³-hybridized carbons (Fsp3) is 0.833. The van der Waals surface area contributed by atoms with Gasteiger partial charge in [0.15, 0.2) is 6.23 Å². The van der Waals surface area contributed by atoms with Crippen LogP contribution in [0.1, 0.15) is 33.1 Å². The van der Waals surface area contributed by atoms with Crippen molar-refractivity contribution in [2.24, 2.45) is 16.7 Å². The molecule has 2 amide bonds. The van der Waals surface area contributed by atoms with Crippen molar-refractivity contribution >= 4 is 18.0 Å². The SMILES string of the molecule is CO[C@H]1[C@H]2OC(=O)N1C(=O)[C@]13CC[C@@H](C[C@H]1OCCOC(=O)C2(F)F)C3(C)C. The van der Waals surface area contributed by atoms with Gasteiger partial charge in [-0.1, -0.05) is 13.8 Å². The number of cyclic esters (lactones) is 1. The zero-order valence-electron chi connectivity index (χ0n) is 15.9. The van der Waals surface area contributed by atoms with Gasteiger partial charge in [0.1, 0.15) is 6.61 Å². The number of imide groups is 1. The number of carbonyl (C=O) groups excluding carboxylic acids is 3. The standard InChI is InChI=1S/C18H23F2NO7/c1-16(2)9-4-5-17(16)10(8-9)26-6-7-27-14(23)18(19,20)11-12(25-3)21(13(17)22)15(24)28-11/h9-12H,4-8H2,1-3H3/t9-,10+,11+,12-,17-/m0/s1. The number of rotatable bonds is 1. The maximum atomic E-state index is 14.6. The number of hydrogen-bond donors (Lipinski definition) is 0. The second-order valence-corrected chi connectivity index (χ2v) is 8.39. The van der Waals surface area contributed by atoms with E-state index in [0.717, 1.165) is 13.5 Å². The summed E-state index contributed by atoms with van der Waals surface area (Å²) in [5, 5.41) is 0. The number of nitrogens with zero attached hydrogens (tertiary/aromatic N) is 1. The van der Waals surface area contributed by atoms with E-state index < -0.39 is 53.2 Å². The van der Waals surface area contributed by atoms with Gasteiger partial charge in [-0.3, -0.25) is 4.79 Å². The molecule has 1 spiro atoms. The van der Waals surface area contributed by atoms with Gasteiger partial charge in [-0.25, -0.2) is 14.5 Å². The topological polar surface area (TPSA) is 91.4 Å². The summed E-state index contributed by atoms with van der Waals surface area (Å²) in [4.78, 5) is 38.6. The summed E-state index contributed by atoms with van der Waals surface area (Å²) in [6.45, 7) is 3.38. The highest BCUT2D eigenvalue weighted by Crippen LogP contribution is 2.67. The van der Waals surface area contributed by atoms with Gasteiger partial charge in [0.25, 0.3) is 0 Å². The van der Waals surface area contributed by atoms with Crippen molar-refractivity contribution in [1.29, 1.82) is 0 Å². The Hall–Kier alpha value is -1.81. The lowest BCUT2D eigenvalue weighted by atomic mass is 9.67. The Morgan fingerprint density at radius 3 is 2.54 bits per heavy atom. The molecule has 8 nitrogen and oxygen atoms in total. The minimum absolute atomic E-state index is 0.114. The van der Waals surface area contributed by atoms with Crippen LogP contribution in [0, 0.1) is 16.7 Å². The predicted octanol–water partition coefficient (Wildman–Crippen LogP) is 1.71. The van der Waals surface area contributed by atoms with Gasteiger partial charge in [0, 0.05) is 7.11 Å². The summed E-state index contributed by atoms with van der Waals surface area (Å²) in [7, 11) is 1.08. The number of amides is 2. The van der Waals surface area contributed by atoms with Crippen molar-refractivity contribution in [2.75, 3.05) is 20.3 Å². The molecule has 4 rings (SSSR count). The van der Waals surface area contributed by atoms with Crippen LogP contribution in [-0.4, -0.2) is 67.6 Å². The Morgan fingerprint density at radius 2 is 1.89 bits per heavy atom. The van der Waals surface area contributed by atoms with Crippen LogP contribution in [0.25, 0.3) is 0 Å². The van der Waals surface area contributed by atoms with Crippen molar-refractivity contribution in [3.8, 4) is 0 Å². The Labute approximate surface area is 160 Å². The van der Waals surface area contributed by atoms with Gasteiger partial charge in [0.05, 0.1) is 18.1 Å². The van der Waals surface area contributed by atoms with E-state index in [4.69, 9.17) is 14.2 Å². The van der Waals surface area contributed by atoms with Crippen molar-refractivity contribution in [3.05, 3.63) is 0 Å². The quantitative estimate of drug-likeness (QED) is 0.616. The molecule has 2 aliphatic carbocycles. The zero-order valence-corrected chi connectivity index (χ0v) is 15.9. The smallest absolute Gasteiger partial charge is 0.419 e. The zero-order chi connectivity index (χ0) is 20.5. The average Bonchev–Trinajstić information content (AvgIpc) is 3.19. The third-order valence-electron chi connectivity index (χ3n) is 7.15. The molecule has 0 aromatic rings. The largest absolute Gasteiger partial charge is 0.459 e. The number of esters is 1. The molecule has 0 aromatic carbocycles. The van der Waals surface area contributed by atoms with Gasteiger partial charge in [-0.15, -0.1) is 0 Å². The van der Waals surface area contributed by atoms with E-state index in [0.29, 0.717) is 17.7 Å². The number of hydrogen-bond acceptors (Lipinski definition) is 7. The molecule has 4 fully saturated rings. The Bertz CT molecular complexity index is 727. The first kappa shape index (κ1) is 19.5. The maximum absolute atomic E-state index is 14.6. The highest BCUT2D eigenvalue weighted by atomic mass is 19.3. The Kier molecular flexibility index (Phi) is 4.24. The molecule has 2 saturated carbocycles. The number of alkyl halides is 2. The van der Waals surface area contributed by atoms with E-state index in [2.05, 4.69) is 4.74 Å². The van der Waals surface area contributed by atoms with E-state index in [1.807, 2.05) is 13.8 Å². The first-order chi connectivity index (χ1) is 13.1. The molecular formula is C18H23F2NO7. The molecule has 2 aliphatic heterocycles. The molecule has 10 heteroatoms. The van der Waals surface area contributed by atoms with Gasteiger partial charge in [-0.2, -0.15) is 8.78 Å². The summed E-state index contributed by atoms with van der Waals surface area (Å²) in [5.41, 5.74) is -1.57. The molecule has 4 bridgehead atoms. The van der Waals surface area contributed by atoms with Crippen LogP contribution >= 0.6 is 0 Å². The third kappa shape index (κ3) is 2.24. The first-order valence-corrected chi connectivity index (χ1v) is 9.32. The van der Waals surface area contributed by atoms with E-state index in [9.17, 15) is 23.2 Å². The highest BCUT2D eigenvalue weighted by Gasteiger charge is 2.72.